The van der Waals surface area contributed by atoms with Crippen LogP contribution in [0.5, 0.6) is 5.75 Å². The van der Waals surface area contributed by atoms with Crippen molar-refractivity contribution in [3.05, 3.63) is 53.6 Å². The summed E-state index contributed by atoms with van der Waals surface area (Å²) >= 11 is 1.47. The van der Waals surface area contributed by atoms with Crippen LogP contribution in [0.2, 0.25) is 0 Å². The smallest absolute Gasteiger partial charge is 0.261 e. The molecule has 5 heteroatoms. The molecular weight excluding hydrogens is 296 g/mol. The first-order valence-electron chi connectivity index (χ1n) is 7.08. The van der Waals surface area contributed by atoms with E-state index in [1.807, 2.05) is 44.2 Å². The number of rotatable bonds is 4. The fourth-order valence-electron chi connectivity index (χ4n) is 2.24. The number of benzene rings is 2. The summed E-state index contributed by atoms with van der Waals surface area (Å²) in [6.45, 7) is 4.42. The number of hydrogen-bond donors (Lipinski definition) is 1. The fraction of sp³-hybridized carbons (Fsp3) is 0.176. The molecule has 0 fully saturated rings. The highest BCUT2D eigenvalue weighted by molar-refractivity contribution is 7.22. The van der Waals surface area contributed by atoms with Crippen LogP contribution in [0, 0.1) is 6.92 Å². The molecular formula is C17H16N2O2S. The summed E-state index contributed by atoms with van der Waals surface area (Å²) in [7, 11) is 0. The van der Waals surface area contributed by atoms with Gasteiger partial charge in [0.15, 0.2) is 5.13 Å². The van der Waals surface area contributed by atoms with Crippen LogP contribution in [0.25, 0.3) is 10.2 Å². The summed E-state index contributed by atoms with van der Waals surface area (Å²) in [4.78, 5) is 16.9. The van der Waals surface area contributed by atoms with Crippen molar-refractivity contribution >= 4 is 32.6 Å². The fourth-order valence-corrected chi connectivity index (χ4v) is 3.18. The van der Waals surface area contributed by atoms with E-state index in [0.29, 0.717) is 23.1 Å². The van der Waals surface area contributed by atoms with Gasteiger partial charge in [-0.1, -0.05) is 35.6 Å². The number of hydrogen-bond acceptors (Lipinski definition) is 4. The minimum Gasteiger partial charge on any atom is -0.493 e. The minimum absolute atomic E-state index is 0.208. The predicted molar refractivity (Wildman–Crippen MR) is 89.9 cm³/mol. The maximum absolute atomic E-state index is 12.4. The Labute approximate surface area is 132 Å². The largest absolute Gasteiger partial charge is 0.493 e. The Morgan fingerprint density at radius 3 is 2.82 bits per heavy atom. The summed E-state index contributed by atoms with van der Waals surface area (Å²) in [5, 5.41) is 3.46. The van der Waals surface area contributed by atoms with Crippen molar-refractivity contribution in [2.24, 2.45) is 0 Å². The van der Waals surface area contributed by atoms with Gasteiger partial charge in [-0.05, 0) is 37.6 Å². The molecule has 1 aromatic heterocycles. The molecule has 0 aliphatic rings. The van der Waals surface area contributed by atoms with Crippen molar-refractivity contribution in [2.45, 2.75) is 13.8 Å². The lowest BCUT2D eigenvalue weighted by atomic mass is 10.2. The summed E-state index contributed by atoms with van der Waals surface area (Å²) in [6, 6.07) is 13.2. The second kappa shape index (κ2) is 6.15. The first kappa shape index (κ1) is 14.5. The van der Waals surface area contributed by atoms with Gasteiger partial charge in [-0.15, -0.1) is 0 Å². The van der Waals surface area contributed by atoms with E-state index in [9.17, 15) is 4.79 Å². The van der Waals surface area contributed by atoms with Gasteiger partial charge in [-0.25, -0.2) is 4.98 Å². The molecule has 0 aliphatic heterocycles. The average molecular weight is 312 g/mol. The van der Waals surface area contributed by atoms with Gasteiger partial charge in [0, 0.05) is 0 Å². The molecule has 1 N–H and O–H groups in total. The summed E-state index contributed by atoms with van der Waals surface area (Å²) in [5.41, 5.74) is 2.55. The highest BCUT2D eigenvalue weighted by atomic mass is 32.1. The molecule has 3 rings (SSSR count). The van der Waals surface area contributed by atoms with Crippen LogP contribution in [0.3, 0.4) is 0 Å². The van der Waals surface area contributed by atoms with Crippen LogP contribution in [-0.2, 0) is 0 Å². The van der Waals surface area contributed by atoms with E-state index in [-0.39, 0.29) is 5.91 Å². The number of aromatic nitrogens is 1. The van der Waals surface area contributed by atoms with Crippen LogP contribution < -0.4 is 10.1 Å². The van der Waals surface area contributed by atoms with Gasteiger partial charge in [-0.3, -0.25) is 10.1 Å². The summed E-state index contributed by atoms with van der Waals surface area (Å²) < 4.78 is 6.56. The first-order valence-corrected chi connectivity index (χ1v) is 7.90. The molecule has 3 aromatic rings. The summed E-state index contributed by atoms with van der Waals surface area (Å²) in [5.74, 6) is 0.376. The Kier molecular flexibility index (Phi) is 4.06. The number of nitrogens with zero attached hydrogens (tertiary/aromatic N) is 1. The van der Waals surface area contributed by atoms with E-state index in [1.165, 1.54) is 11.3 Å². The number of carbonyl (C=O) groups is 1. The molecule has 0 saturated heterocycles. The van der Waals surface area contributed by atoms with Crippen molar-refractivity contribution in [2.75, 3.05) is 11.9 Å². The molecule has 112 valence electrons. The number of para-hydroxylation sites is 2. The molecule has 0 bridgehead atoms. The molecule has 0 spiro atoms. The molecule has 0 aliphatic carbocycles. The highest BCUT2D eigenvalue weighted by Crippen LogP contribution is 2.29. The maximum atomic E-state index is 12.4. The normalized spacial score (nSPS) is 10.6. The van der Waals surface area contributed by atoms with Gasteiger partial charge in [-0.2, -0.15) is 0 Å². The van der Waals surface area contributed by atoms with Gasteiger partial charge >= 0.3 is 0 Å². The highest BCUT2D eigenvalue weighted by Gasteiger charge is 2.14. The molecule has 0 saturated carbocycles. The third kappa shape index (κ3) is 2.80. The van der Waals surface area contributed by atoms with Crippen molar-refractivity contribution in [1.82, 2.24) is 4.98 Å². The molecule has 0 atom stereocenters. The molecule has 0 unspecified atom stereocenters. The zero-order valence-corrected chi connectivity index (χ0v) is 13.2. The van der Waals surface area contributed by atoms with Gasteiger partial charge in [0.1, 0.15) is 5.75 Å². The van der Waals surface area contributed by atoms with Crippen LogP contribution in [-0.4, -0.2) is 17.5 Å². The number of carbonyl (C=O) groups excluding carboxylic acids is 1. The quantitative estimate of drug-likeness (QED) is 0.783. The monoisotopic (exact) mass is 312 g/mol. The predicted octanol–water partition coefficient (Wildman–Crippen LogP) is 4.26. The Morgan fingerprint density at radius 2 is 2.05 bits per heavy atom. The van der Waals surface area contributed by atoms with Gasteiger partial charge in [0.05, 0.1) is 22.4 Å². The van der Waals surface area contributed by atoms with E-state index in [2.05, 4.69) is 10.3 Å². The molecule has 1 amide bonds. The third-order valence-electron chi connectivity index (χ3n) is 3.27. The number of amides is 1. The van der Waals surface area contributed by atoms with Crippen molar-refractivity contribution < 1.29 is 9.53 Å². The van der Waals surface area contributed by atoms with Gasteiger partial charge < -0.3 is 4.74 Å². The Bertz CT molecular complexity index is 826. The summed E-state index contributed by atoms with van der Waals surface area (Å²) in [6.07, 6.45) is 0. The SMILES string of the molecule is CCOc1ccccc1C(=O)Nc1nc2c(C)cccc2s1. The lowest BCUT2D eigenvalue weighted by Gasteiger charge is -2.08. The topological polar surface area (TPSA) is 51.2 Å². The molecule has 0 radical (unpaired) electrons. The zero-order valence-electron chi connectivity index (χ0n) is 12.4. The standard InChI is InChI=1S/C17H16N2O2S/c1-3-21-13-9-5-4-8-12(13)16(20)19-17-18-15-11(2)7-6-10-14(15)22-17/h4-10H,3H2,1-2H3,(H,18,19,20). The van der Waals surface area contributed by atoms with Crippen LogP contribution >= 0.6 is 11.3 Å². The van der Waals surface area contributed by atoms with E-state index in [1.54, 1.807) is 12.1 Å². The average Bonchev–Trinajstić information content (AvgIpc) is 2.92. The van der Waals surface area contributed by atoms with E-state index in [0.717, 1.165) is 15.8 Å². The van der Waals surface area contributed by atoms with E-state index >= 15 is 0 Å². The molecule has 22 heavy (non-hydrogen) atoms. The van der Waals surface area contributed by atoms with Crippen molar-refractivity contribution in [3.8, 4) is 5.75 Å². The Hall–Kier alpha value is -2.40. The van der Waals surface area contributed by atoms with Crippen molar-refractivity contribution in [3.63, 3.8) is 0 Å². The first-order chi connectivity index (χ1) is 10.7. The molecule has 1 heterocycles. The minimum atomic E-state index is -0.208. The van der Waals surface area contributed by atoms with E-state index in [4.69, 9.17) is 4.74 Å². The maximum Gasteiger partial charge on any atom is 0.261 e. The van der Waals surface area contributed by atoms with Gasteiger partial charge in [0.25, 0.3) is 5.91 Å². The number of ether oxygens (including phenoxy) is 1. The second-order valence-corrected chi connectivity index (χ2v) is 5.85. The van der Waals surface area contributed by atoms with Gasteiger partial charge in [0.2, 0.25) is 0 Å². The number of fused-ring (bicyclic) bond motifs is 1. The molecule has 2 aromatic carbocycles. The Morgan fingerprint density at radius 1 is 1.23 bits per heavy atom. The second-order valence-electron chi connectivity index (χ2n) is 4.82. The lowest BCUT2D eigenvalue weighted by molar-refractivity contribution is 0.102. The number of thiazole rings is 1. The lowest BCUT2D eigenvalue weighted by Crippen LogP contribution is -2.13. The van der Waals surface area contributed by atoms with Crippen molar-refractivity contribution in [1.29, 1.82) is 0 Å². The van der Waals surface area contributed by atoms with Crippen LogP contribution in [0.15, 0.2) is 42.5 Å². The van der Waals surface area contributed by atoms with Crippen LogP contribution in [0.4, 0.5) is 5.13 Å². The van der Waals surface area contributed by atoms with Crippen LogP contribution in [0.1, 0.15) is 22.8 Å². The zero-order chi connectivity index (χ0) is 15.5. The number of anilines is 1. The van der Waals surface area contributed by atoms with E-state index < -0.39 is 0 Å². The number of nitrogens with one attached hydrogen (secondary N) is 1. The third-order valence-corrected chi connectivity index (χ3v) is 4.21. The Balaban J connectivity index is 1.88. The molecule has 4 nitrogen and oxygen atoms in total. The number of aryl methyl sites for hydroxylation is 1.